The van der Waals surface area contributed by atoms with E-state index in [0.717, 1.165) is 56.1 Å². The van der Waals surface area contributed by atoms with Crippen LogP contribution in [-0.4, -0.2) is 34.8 Å². The van der Waals surface area contributed by atoms with Gasteiger partial charge < -0.3 is 4.74 Å². The standard InChI is InChI=1S/C23H34ClN3O/c1-3-5-6-7-8-9-10-15-28-22-12-11-18(16-20(22)24)23-19-17-27(4-2)14-13-21(19)25-26-23/h11-12,16H,3-10,13-15,17H2,1-2H3,(H,25,26). The molecule has 0 aliphatic carbocycles. The molecule has 28 heavy (non-hydrogen) atoms. The molecule has 2 aromatic rings. The van der Waals surface area contributed by atoms with E-state index < -0.39 is 0 Å². The van der Waals surface area contributed by atoms with Crippen molar-refractivity contribution >= 4 is 11.6 Å². The van der Waals surface area contributed by atoms with E-state index in [0.29, 0.717) is 5.02 Å². The van der Waals surface area contributed by atoms with Crippen LogP contribution in [0.1, 0.15) is 70.1 Å². The van der Waals surface area contributed by atoms with Crippen LogP contribution < -0.4 is 4.74 Å². The molecular weight excluding hydrogens is 370 g/mol. The Bertz CT molecular complexity index is 743. The molecule has 4 nitrogen and oxygen atoms in total. The van der Waals surface area contributed by atoms with E-state index >= 15 is 0 Å². The number of ether oxygens (including phenoxy) is 1. The van der Waals surface area contributed by atoms with Crippen LogP contribution in [0.3, 0.4) is 0 Å². The summed E-state index contributed by atoms with van der Waals surface area (Å²) in [6, 6.07) is 6.05. The first kappa shape index (κ1) is 21.2. The maximum Gasteiger partial charge on any atom is 0.137 e. The molecule has 0 amide bonds. The molecule has 1 aromatic carbocycles. The Hall–Kier alpha value is -1.52. The Morgan fingerprint density at radius 2 is 1.89 bits per heavy atom. The molecule has 1 aliphatic heterocycles. The van der Waals surface area contributed by atoms with Gasteiger partial charge in [0, 0.05) is 36.3 Å². The van der Waals surface area contributed by atoms with Gasteiger partial charge in [-0.2, -0.15) is 5.10 Å². The predicted molar refractivity (Wildman–Crippen MR) is 117 cm³/mol. The summed E-state index contributed by atoms with van der Waals surface area (Å²) in [6.07, 6.45) is 10.0. The first-order chi connectivity index (χ1) is 13.7. The third-order valence-electron chi connectivity index (χ3n) is 5.67. The van der Waals surface area contributed by atoms with Gasteiger partial charge in [0.25, 0.3) is 0 Å². The van der Waals surface area contributed by atoms with Crippen molar-refractivity contribution in [2.45, 2.75) is 71.8 Å². The molecule has 0 saturated carbocycles. The lowest BCUT2D eigenvalue weighted by atomic mass is 10.0. The summed E-state index contributed by atoms with van der Waals surface area (Å²) in [7, 11) is 0. The number of aromatic nitrogens is 2. The lowest BCUT2D eigenvalue weighted by Crippen LogP contribution is -2.30. The predicted octanol–water partition coefficient (Wildman–Crippen LogP) is 6.24. The second-order valence-corrected chi connectivity index (χ2v) is 8.17. The first-order valence-electron chi connectivity index (χ1n) is 10.9. The number of nitrogens with one attached hydrogen (secondary N) is 1. The molecule has 2 heterocycles. The number of rotatable bonds is 11. The summed E-state index contributed by atoms with van der Waals surface area (Å²) in [6.45, 7) is 8.30. The molecule has 1 N–H and O–H groups in total. The van der Waals surface area contributed by atoms with Crippen molar-refractivity contribution < 1.29 is 4.74 Å². The molecule has 1 aliphatic rings. The molecular formula is C23H34ClN3O. The fraction of sp³-hybridized carbons (Fsp3) is 0.609. The van der Waals surface area contributed by atoms with E-state index in [1.807, 2.05) is 12.1 Å². The summed E-state index contributed by atoms with van der Waals surface area (Å²) in [4.78, 5) is 2.45. The quantitative estimate of drug-likeness (QED) is 0.451. The first-order valence-corrected chi connectivity index (χ1v) is 11.3. The van der Waals surface area contributed by atoms with Gasteiger partial charge in [-0.25, -0.2) is 0 Å². The third-order valence-corrected chi connectivity index (χ3v) is 5.97. The molecule has 0 atom stereocenters. The monoisotopic (exact) mass is 403 g/mol. The number of nitrogens with zero attached hydrogens (tertiary/aromatic N) is 2. The Morgan fingerprint density at radius 3 is 2.64 bits per heavy atom. The van der Waals surface area contributed by atoms with Gasteiger partial charge in [0.1, 0.15) is 5.75 Å². The zero-order valence-electron chi connectivity index (χ0n) is 17.4. The van der Waals surface area contributed by atoms with Crippen molar-refractivity contribution in [3.05, 3.63) is 34.5 Å². The largest absolute Gasteiger partial charge is 0.492 e. The highest BCUT2D eigenvalue weighted by Gasteiger charge is 2.22. The number of halogens is 1. The summed E-state index contributed by atoms with van der Waals surface area (Å²) in [5.74, 6) is 0.774. The lowest BCUT2D eigenvalue weighted by molar-refractivity contribution is 0.267. The number of aromatic amines is 1. The Kier molecular flexibility index (Phi) is 8.23. The summed E-state index contributed by atoms with van der Waals surface area (Å²) < 4.78 is 5.92. The number of fused-ring (bicyclic) bond motifs is 1. The number of hydrogen-bond acceptors (Lipinski definition) is 3. The van der Waals surface area contributed by atoms with Gasteiger partial charge in [-0.05, 0) is 31.2 Å². The minimum absolute atomic E-state index is 0.667. The van der Waals surface area contributed by atoms with Gasteiger partial charge in [0.05, 0.1) is 17.3 Å². The zero-order valence-corrected chi connectivity index (χ0v) is 18.2. The van der Waals surface area contributed by atoms with Crippen molar-refractivity contribution in [2.75, 3.05) is 19.7 Å². The van der Waals surface area contributed by atoms with Gasteiger partial charge in [0.2, 0.25) is 0 Å². The van der Waals surface area contributed by atoms with Crippen LogP contribution in [-0.2, 0) is 13.0 Å². The summed E-state index contributed by atoms with van der Waals surface area (Å²) >= 11 is 6.51. The van der Waals surface area contributed by atoms with E-state index in [-0.39, 0.29) is 0 Å². The highest BCUT2D eigenvalue weighted by Crippen LogP contribution is 2.33. The van der Waals surface area contributed by atoms with Crippen LogP contribution in [0.2, 0.25) is 5.02 Å². The van der Waals surface area contributed by atoms with Gasteiger partial charge >= 0.3 is 0 Å². The average molecular weight is 404 g/mol. The molecule has 154 valence electrons. The van der Waals surface area contributed by atoms with Crippen LogP contribution in [0.25, 0.3) is 11.3 Å². The minimum atomic E-state index is 0.667. The van der Waals surface area contributed by atoms with E-state index in [2.05, 4.69) is 35.0 Å². The van der Waals surface area contributed by atoms with Crippen molar-refractivity contribution in [3.8, 4) is 17.0 Å². The van der Waals surface area contributed by atoms with E-state index in [1.165, 1.54) is 49.8 Å². The molecule has 0 spiro atoms. The number of unbranched alkanes of at least 4 members (excludes halogenated alkanes) is 6. The highest BCUT2D eigenvalue weighted by molar-refractivity contribution is 6.32. The fourth-order valence-electron chi connectivity index (χ4n) is 3.87. The molecule has 0 fully saturated rings. The highest BCUT2D eigenvalue weighted by atomic mass is 35.5. The van der Waals surface area contributed by atoms with Gasteiger partial charge in [-0.3, -0.25) is 10.00 Å². The lowest BCUT2D eigenvalue weighted by Gasteiger charge is -2.25. The van der Waals surface area contributed by atoms with Crippen LogP contribution in [0.15, 0.2) is 18.2 Å². The van der Waals surface area contributed by atoms with Gasteiger partial charge in [-0.1, -0.05) is 64.0 Å². The number of likely N-dealkylation sites (N-methyl/N-ethyl adjacent to an activating group) is 1. The molecule has 0 saturated heterocycles. The van der Waals surface area contributed by atoms with E-state index in [4.69, 9.17) is 16.3 Å². The Labute approximate surface area is 174 Å². The van der Waals surface area contributed by atoms with Crippen LogP contribution >= 0.6 is 11.6 Å². The minimum Gasteiger partial charge on any atom is -0.492 e. The smallest absolute Gasteiger partial charge is 0.137 e. The van der Waals surface area contributed by atoms with Gasteiger partial charge in [0.15, 0.2) is 0 Å². The molecule has 1 aromatic heterocycles. The molecule has 3 rings (SSSR count). The summed E-state index contributed by atoms with van der Waals surface area (Å²) in [5.41, 5.74) is 4.65. The van der Waals surface area contributed by atoms with Crippen LogP contribution in [0.4, 0.5) is 0 Å². The molecule has 0 unspecified atom stereocenters. The van der Waals surface area contributed by atoms with E-state index in [9.17, 15) is 0 Å². The number of H-pyrrole nitrogens is 1. The summed E-state index contributed by atoms with van der Waals surface area (Å²) in [5, 5.41) is 8.46. The Morgan fingerprint density at radius 1 is 1.11 bits per heavy atom. The maximum atomic E-state index is 6.51. The normalized spacial score (nSPS) is 14.2. The van der Waals surface area contributed by atoms with Crippen molar-refractivity contribution in [1.29, 1.82) is 0 Å². The number of benzene rings is 1. The zero-order chi connectivity index (χ0) is 19.8. The molecule has 0 radical (unpaired) electrons. The van der Waals surface area contributed by atoms with Crippen molar-refractivity contribution in [2.24, 2.45) is 0 Å². The third kappa shape index (κ3) is 5.51. The fourth-order valence-corrected chi connectivity index (χ4v) is 4.10. The van der Waals surface area contributed by atoms with Crippen LogP contribution in [0.5, 0.6) is 5.75 Å². The topological polar surface area (TPSA) is 41.1 Å². The SMILES string of the molecule is CCCCCCCCCOc1ccc(-c2n[nH]c3c2CN(CC)CC3)cc1Cl. The van der Waals surface area contributed by atoms with E-state index in [1.54, 1.807) is 0 Å². The second-order valence-electron chi connectivity index (χ2n) is 7.76. The number of hydrogen-bond donors (Lipinski definition) is 1. The second kappa shape index (κ2) is 10.9. The average Bonchev–Trinajstić information content (AvgIpc) is 3.14. The maximum absolute atomic E-state index is 6.51. The van der Waals surface area contributed by atoms with Crippen LogP contribution in [0, 0.1) is 0 Å². The van der Waals surface area contributed by atoms with Crippen molar-refractivity contribution in [3.63, 3.8) is 0 Å². The Balaban J connectivity index is 1.53. The van der Waals surface area contributed by atoms with Gasteiger partial charge in [-0.15, -0.1) is 0 Å². The van der Waals surface area contributed by atoms with Crippen molar-refractivity contribution in [1.82, 2.24) is 15.1 Å². The molecule has 5 heteroatoms. The molecule has 0 bridgehead atoms.